The number of benzene rings is 5. The molecule has 2 aliphatic heterocycles. The highest BCUT2D eigenvalue weighted by Crippen LogP contribution is 2.69. The van der Waals surface area contributed by atoms with Gasteiger partial charge in [0.15, 0.2) is 18.2 Å². The summed E-state index contributed by atoms with van der Waals surface area (Å²) in [5, 5.41) is -0.538. The summed E-state index contributed by atoms with van der Waals surface area (Å²) < 4.78 is 40.5. The lowest BCUT2D eigenvalue weighted by molar-refractivity contribution is 0.289. The molecule has 2 aliphatic rings. The molecule has 5 aromatic rings. The number of fused-ring (bicyclic) bond motifs is 4. The fourth-order valence-corrected chi connectivity index (χ4v) is 9.33. The number of ether oxygens (including phenoxy) is 3. The first-order chi connectivity index (χ1) is 23.0. The van der Waals surface area contributed by atoms with Crippen molar-refractivity contribution in [2.24, 2.45) is 0 Å². The van der Waals surface area contributed by atoms with Crippen LogP contribution < -0.4 is 28.9 Å². The topological polar surface area (TPSA) is 57.2 Å². The van der Waals surface area contributed by atoms with Gasteiger partial charge in [-0.05, 0) is 66.1 Å². The van der Waals surface area contributed by atoms with Crippen LogP contribution in [0.4, 0.5) is 5.69 Å². The van der Waals surface area contributed by atoms with Crippen molar-refractivity contribution in [3.8, 4) is 58.8 Å². The zero-order chi connectivity index (χ0) is 32.4. The van der Waals surface area contributed by atoms with E-state index in [1.165, 1.54) is 0 Å². The molecule has 6 nitrogen and oxygen atoms in total. The molecule has 2 atom stereocenters. The first-order valence-electron chi connectivity index (χ1n) is 15.3. The van der Waals surface area contributed by atoms with Crippen molar-refractivity contribution in [1.82, 2.24) is 0 Å². The first kappa shape index (κ1) is 30.1. The Hall–Kier alpha value is -5.55. The number of hydrogen-bond acceptors (Lipinski definition) is 6. The molecular formula is C40H32NO5P. The van der Waals surface area contributed by atoms with Crippen LogP contribution in [0.15, 0.2) is 115 Å². The lowest BCUT2D eigenvalue weighted by atomic mass is 9.91. The Kier molecular flexibility index (Phi) is 7.90. The molecule has 0 aromatic heterocycles. The average Bonchev–Trinajstić information content (AvgIpc) is 3.13. The molecule has 47 heavy (non-hydrogen) atoms. The maximum Gasteiger partial charge on any atom is 0.292 e. The molecule has 0 bridgehead atoms. The Morgan fingerprint density at radius 1 is 0.766 bits per heavy atom. The molecule has 7 heteroatoms. The lowest BCUT2D eigenvalue weighted by Crippen LogP contribution is -2.35. The maximum absolute atomic E-state index is 16.0. The molecule has 0 amide bonds. The number of nitrogens with zero attached hydrogens (tertiary/aromatic N) is 1. The maximum atomic E-state index is 16.0. The largest absolute Gasteiger partial charge is 0.477 e. The Bertz CT molecular complexity index is 2090. The molecule has 0 spiro atoms. The fourth-order valence-electron chi connectivity index (χ4n) is 6.37. The van der Waals surface area contributed by atoms with E-state index in [2.05, 4.69) is 22.8 Å². The van der Waals surface area contributed by atoms with Crippen LogP contribution in [0.25, 0.3) is 11.1 Å². The van der Waals surface area contributed by atoms with Crippen molar-refractivity contribution in [1.29, 1.82) is 0 Å². The van der Waals surface area contributed by atoms with Crippen LogP contribution in [0.1, 0.15) is 23.6 Å². The predicted octanol–water partition coefficient (Wildman–Crippen LogP) is 7.99. The summed E-state index contributed by atoms with van der Waals surface area (Å²) in [4.78, 5) is 2.16. The van der Waals surface area contributed by atoms with E-state index in [1.54, 1.807) is 6.07 Å². The Labute approximate surface area is 275 Å². The van der Waals surface area contributed by atoms with Gasteiger partial charge < -0.3 is 23.6 Å². The van der Waals surface area contributed by atoms with Gasteiger partial charge in [0.05, 0.1) is 5.30 Å². The van der Waals surface area contributed by atoms with Gasteiger partial charge in [0.1, 0.15) is 29.9 Å². The zero-order valence-corrected chi connectivity index (χ0v) is 26.8. The number of terminal acetylenes is 2. The van der Waals surface area contributed by atoms with Crippen molar-refractivity contribution in [2.75, 3.05) is 24.8 Å². The van der Waals surface area contributed by atoms with E-state index < -0.39 is 12.5 Å². The van der Waals surface area contributed by atoms with Gasteiger partial charge in [0.2, 0.25) is 0 Å². The second kappa shape index (κ2) is 12.3. The van der Waals surface area contributed by atoms with Gasteiger partial charge in [-0.15, -0.1) is 12.8 Å². The third kappa shape index (κ3) is 5.18. The second-order valence-corrected chi connectivity index (χ2v) is 14.2. The molecule has 0 saturated carbocycles. The number of anilines is 1. The number of rotatable bonds is 8. The molecule has 0 radical (unpaired) electrons. The third-order valence-corrected chi connectivity index (χ3v) is 12.0. The van der Waals surface area contributed by atoms with Crippen molar-refractivity contribution >= 4 is 18.4 Å². The molecule has 0 aliphatic carbocycles. The van der Waals surface area contributed by atoms with Gasteiger partial charge in [-0.25, -0.2) is 0 Å². The van der Waals surface area contributed by atoms with E-state index in [1.807, 2.05) is 110 Å². The summed E-state index contributed by atoms with van der Waals surface area (Å²) in [5.41, 5.74) is 5.39. The summed E-state index contributed by atoms with van der Waals surface area (Å²) >= 11 is 0. The van der Waals surface area contributed by atoms with Crippen LogP contribution in [-0.2, 0) is 16.3 Å². The standard InChI is InChI=1S/C40H32NO5P/c1-4-24-43-37-23-20-31(26-38(37)44-25-5-2)40(3,47(42)39-17-11-8-14-34(39)33-13-7-10-16-36(33)46-47)30-18-21-32(22-19-30)41-27-29-12-6-9-15-35(29)45-28-41/h1-2,6-23,26H,24-25,27-28H2,3H3. The average molecular weight is 638 g/mol. The third-order valence-electron chi connectivity index (χ3n) is 8.85. The molecule has 0 N–H and O–H groups in total. The van der Waals surface area contributed by atoms with Crippen LogP contribution in [0.5, 0.6) is 23.0 Å². The van der Waals surface area contributed by atoms with Gasteiger partial charge in [-0.1, -0.05) is 84.6 Å². The van der Waals surface area contributed by atoms with Crippen molar-refractivity contribution < 1.29 is 23.3 Å². The van der Waals surface area contributed by atoms with Crippen LogP contribution in [0, 0.1) is 24.7 Å². The lowest BCUT2D eigenvalue weighted by Gasteiger charge is -2.42. The molecule has 0 saturated heterocycles. The molecule has 232 valence electrons. The Morgan fingerprint density at radius 3 is 2.17 bits per heavy atom. The van der Waals surface area contributed by atoms with Gasteiger partial charge in [0.25, 0.3) is 7.37 Å². The van der Waals surface area contributed by atoms with Crippen LogP contribution in [0.3, 0.4) is 0 Å². The number of para-hydroxylation sites is 2. The minimum absolute atomic E-state index is 0.0205. The van der Waals surface area contributed by atoms with Gasteiger partial charge in [0, 0.05) is 23.4 Å². The highest BCUT2D eigenvalue weighted by Gasteiger charge is 2.54. The monoisotopic (exact) mass is 637 g/mol. The summed E-state index contributed by atoms with van der Waals surface area (Å²) in [6.07, 6.45) is 11.0. The van der Waals surface area contributed by atoms with Crippen LogP contribution in [-0.4, -0.2) is 19.9 Å². The summed E-state index contributed by atoms with van der Waals surface area (Å²) in [7, 11) is -3.78. The van der Waals surface area contributed by atoms with E-state index in [9.17, 15) is 0 Å². The van der Waals surface area contributed by atoms with E-state index >= 15 is 4.57 Å². The highest BCUT2D eigenvalue weighted by atomic mass is 31.2. The predicted molar refractivity (Wildman–Crippen MR) is 186 cm³/mol. The van der Waals surface area contributed by atoms with Crippen molar-refractivity contribution in [3.05, 3.63) is 132 Å². The van der Waals surface area contributed by atoms with E-state index in [0.29, 0.717) is 41.4 Å². The molecule has 2 heterocycles. The van der Waals surface area contributed by atoms with E-state index in [-0.39, 0.29) is 13.2 Å². The normalized spacial score (nSPS) is 17.2. The van der Waals surface area contributed by atoms with Crippen molar-refractivity contribution in [2.45, 2.75) is 18.6 Å². The SMILES string of the molecule is C#CCOc1ccc(C(C)(c2ccc(N3COc4ccccc4C3)cc2)P2(=O)Oc3ccccc3-c3ccccc32)cc1OCC#C. The molecular weight excluding hydrogens is 605 g/mol. The minimum atomic E-state index is -3.78. The van der Waals surface area contributed by atoms with E-state index in [4.69, 9.17) is 31.6 Å². The molecule has 2 unspecified atom stereocenters. The summed E-state index contributed by atoms with van der Waals surface area (Å²) in [5.74, 6) is 7.32. The quantitative estimate of drug-likeness (QED) is 0.127. The van der Waals surface area contributed by atoms with Crippen LogP contribution >= 0.6 is 7.37 Å². The number of hydrogen-bond donors (Lipinski definition) is 0. The Balaban J connectivity index is 1.38. The Morgan fingerprint density at radius 2 is 1.40 bits per heavy atom. The molecule has 5 aromatic carbocycles. The second-order valence-electron chi connectivity index (χ2n) is 11.5. The first-order valence-corrected chi connectivity index (χ1v) is 16.9. The summed E-state index contributed by atoms with van der Waals surface area (Å²) in [6.45, 7) is 3.19. The minimum Gasteiger partial charge on any atom is -0.477 e. The molecule has 7 rings (SSSR count). The molecule has 0 fully saturated rings. The summed E-state index contributed by atoms with van der Waals surface area (Å²) in [6, 6.07) is 37.2. The zero-order valence-electron chi connectivity index (χ0n) is 25.9. The van der Waals surface area contributed by atoms with Gasteiger partial charge in [-0.3, -0.25) is 4.57 Å². The van der Waals surface area contributed by atoms with Crippen molar-refractivity contribution in [3.63, 3.8) is 0 Å². The highest BCUT2D eigenvalue weighted by molar-refractivity contribution is 7.69. The van der Waals surface area contributed by atoms with Gasteiger partial charge >= 0.3 is 0 Å². The fraction of sp³-hybridized carbons (Fsp3) is 0.150. The van der Waals surface area contributed by atoms with Crippen LogP contribution in [0.2, 0.25) is 0 Å². The van der Waals surface area contributed by atoms with Gasteiger partial charge in [-0.2, -0.15) is 0 Å². The van der Waals surface area contributed by atoms with E-state index in [0.717, 1.165) is 33.7 Å². The smallest absolute Gasteiger partial charge is 0.292 e.